The van der Waals surface area contributed by atoms with Crippen LogP contribution in [0.1, 0.15) is 29.2 Å². The van der Waals surface area contributed by atoms with Crippen LogP contribution < -0.4 is 10.5 Å². The van der Waals surface area contributed by atoms with Crippen molar-refractivity contribution in [3.63, 3.8) is 0 Å². The monoisotopic (exact) mass is 470 g/mol. The van der Waals surface area contributed by atoms with Crippen LogP contribution in [0.2, 0.25) is 5.02 Å². The third-order valence-electron chi connectivity index (χ3n) is 6.38. The maximum Gasteiger partial charge on any atom is 0.175 e. The summed E-state index contributed by atoms with van der Waals surface area (Å²) in [6, 6.07) is 19.8. The van der Waals surface area contributed by atoms with Gasteiger partial charge < -0.3 is 15.6 Å². The topological polar surface area (TPSA) is 68.4 Å². The normalized spacial score (nSPS) is 29.9. The molecular weight excluding hydrogens is 452 g/mol. The molecule has 1 aliphatic carbocycles. The van der Waals surface area contributed by atoms with Crippen LogP contribution in [0, 0.1) is 5.92 Å². The van der Waals surface area contributed by atoms with Crippen LogP contribution in [-0.2, 0) is 11.2 Å². The highest BCUT2D eigenvalue weighted by Crippen LogP contribution is 2.68. The molecule has 2 aliphatic rings. The fraction of sp³-hybridized carbons (Fsp3) is 0.261. The number of aliphatic hydroxyl groups is 1. The van der Waals surface area contributed by atoms with Crippen LogP contribution in [0.25, 0.3) is 0 Å². The Bertz CT molecular complexity index is 1060. The van der Waals surface area contributed by atoms with Crippen molar-refractivity contribution in [3.05, 3.63) is 93.2 Å². The first-order valence-electron chi connectivity index (χ1n) is 9.59. The summed E-state index contributed by atoms with van der Waals surface area (Å²) in [5.41, 5.74) is 6.28. The average molecular weight is 472 g/mol. The Labute approximate surface area is 182 Å². The van der Waals surface area contributed by atoms with Gasteiger partial charge in [0.1, 0.15) is 11.4 Å². The summed E-state index contributed by atoms with van der Waals surface area (Å²) in [5.74, 6) is 0.199. The van der Waals surface area contributed by atoms with Gasteiger partial charge in [0.25, 0.3) is 0 Å². The number of fused-ring (bicyclic) bond motifs is 3. The molecule has 6 heteroatoms. The van der Waals surface area contributed by atoms with E-state index in [-0.39, 0.29) is 11.8 Å². The molecule has 148 valence electrons. The number of nitrogens with two attached hydrogens (primary N) is 1. The molecular formula is C23H20BrClN2O2. The molecule has 3 aromatic rings. The third kappa shape index (κ3) is 2.55. The van der Waals surface area contributed by atoms with Crippen LogP contribution in [0.4, 0.5) is 0 Å². The van der Waals surface area contributed by atoms with Crippen molar-refractivity contribution < 1.29 is 9.84 Å². The van der Waals surface area contributed by atoms with Gasteiger partial charge in [-0.25, -0.2) is 0 Å². The van der Waals surface area contributed by atoms with E-state index in [9.17, 15) is 5.11 Å². The van der Waals surface area contributed by atoms with Crippen molar-refractivity contribution in [3.8, 4) is 5.75 Å². The Balaban J connectivity index is 1.81. The smallest absolute Gasteiger partial charge is 0.175 e. The average Bonchev–Trinajstić information content (AvgIpc) is 3.13. The molecule has 1 saturated carbocycles. The quantitative estimate of drug-likeness (QED) is 0.579. The van der Waals surface area contributed by atoms with Crippen molar-refractivity contribution >= 4 is 27.5 Å². The van der Waals surface area contributed by atoms with Crippen molar-refractivity contribution in [2.75, 3.05) is 6.54 Å². The zero-order chi connectivity index (χ0) is 20.2. The molecule has 5 rings (SSSR count). The maximum absolute atomic E-state index is 12.3. The second-order valence-corrected chi connectivity index (χ2v) is 9.09. The molecule has 4 atom stereocenters. The molecule has 1 aromatic heterocycles. The van der Waals surface area contributed by atoms with Crippen LogP contribution >= 0.6 is 27.5 Å². The predicted molar refractivity (Wildman–Crippen MR) is 116 cm³/mol. The first-order valence-corrected chi connectivity index (χ1v) is 10.8. The highest BCUT2D eigenvalue weighted by Gasteiger charge is 2.72. The third-order valence-corrected chi connectivity index (χ3v) is 7.11. The largest absolute Gasteiger partial charge is 0.476 e. The molecule has 0 amide bonds. The number of hydrogen-bond acceptors (Lipinski definition) is 4. The van der Waals surface area contributed by atoms with Gasteiger partial charge in [0, 0.05) is 28.6 Å². The van der Waals surface area contributed by atoms with Gasteiger partial charge in [-0.15, -0.1) is 0 Å². The first kappa shape index (κ1) is 19.1. The highest BCUT2D eigenvalue weighted by atomic mass is 79.9. The van der Waals surface area contributed by atoms with Crippen molar-refractivity contribution in [2.24, 2.45) is 11.7 Å². The number of nitrogens with zero attached hydrogens (tertiary/aromatic N) is 1. The van der Waals surface area contributed by atoms with Crippen molar-refractivity contribution in [1.29, 1.82) is 0 Å². The predicted octanol–water partition coefficient (Wildman–Crippen LogP) is 4.74. The fourth-order valence-electron chi connectivity index (χ4n) is 5.17. The van der Waals surface area contributed by atoms with E-state index in [1.165, 1.54) is 0 Å². The molecule has 0 bridgehead atoms. The molecule has 0 saturated heterocycles. The Morgan fingerprint density at radius 2 is 1.90 bits per heavy atom. The summed E-state index contributed by atoms with van der Waals surface area (Å²) < 4.78 is 7.62. The van der Waals surface area contributed by atoms with Gasteiger partial charge in [0.05, 0.1) is 5.02 Å². The number of benzene rings is 2. The second-order valence-electron chi connectivity index (χ2n) is 7.74. The number of aromatic nitrogens is 1. The maximum atomic E-state index is 12.3. The standard InChI is InChI=1S/C23H20BrClN2O2/c24-17-8-6-15(7-9-17)23-19(14-4-2-1-3-5-14)10-16(12-26)22(23,28)21-20(29-23)11-18(25)13-27-21/h1-9,11,13,16,19,28H,10,12,26H2/t16-,19+,22-,23+/m1/s1. The lowest BCUT2D eigenvalue weighted by atomic mass is 9.71. The van der Waals surface area contributed by atoms with E-state index in [1.54, 1.807) is 12.3 Å². The molecule has 2 aromatic carbocycles. The summed E-state index contributed by atoms with van der Waals surface area (Å²) >= 11 is 9.71. The van der Waals surface area contributed by atoms with E-state index < -0.39 is 11.2 Å². The molecule has 4 nitrogen and oxygen atoms in total. The SMILES string of the molecule is NC[C@H]1C[C@@H](c2ccccc2)[C@]2(c3ccc(Br)cc3)Oc3cc(Cl)cnc3[C@]12O. The van der Waals surface area contributed by atoms with Gasteiger partial charge in [0.2, 0.25) is 0 Å². The zero-order valence-electron chi connectivity index (χ0n) is 15.6. The Kier molecular flexibility index (Phi) is 4.48. The van der Waals surface area contributed by atoms with Gasteiger partial charge >= 0.3 is 0 Å². The molecule has 1 fully saturated rings. The van der Waals surface area contributed by atoms with Crippen LogP contribution in [-0.4, -0.2) is 16.6 Å². The summed E-state index contributed by atoms with van der Waals surface area (Å²) in [4.78, 5) is 4.52. The number of ether oxygens (including phenoxy) is 1. The van der Waals surface area contributed by atoms with E-state index in [0.29, 0.717) is 29.4 Å². The zero-order valence-corrected chi connectivity index (χ0v) is 17.9. The lowest BCUT2D eigenvalue weighted by Gasteiger charge is -2.41. The van der Waals surface area contributed by atoms with E-state index in [0.717, 1.165) is 15.6 Å². The minimum Gasteiger partial charge on any atom is -0.476 e. The minimum absolute atomic E-state index is 0.101. The number of halogens is 2. The van der Waals surface area contributed by atoms with Gasteiger partial charge in [-0.2, -0.15) is 0 Å². The van der Waals surface area contributed by atoms with Crippen LogP contribution in [0.5, 0.6) is 5.75 Å². The molecule has 0 spiro atoms. The van der Waals surface area contributed by atoms with Crippen molar-refractivity contribution in [1.82, 2.24) is 4.98 Å². The highest BCUT2D eigenvalue weighted by molar-refractivity contribution is 9.10. The molecule has 29 heavy (non-hydrogen) atoms. The van der Waals surface area contributed by atoms with Gasteiger partial charge in [0.15, 0.2) is 11.2 Å². The Hall–Kier alpha value is -1.92. The lowest BCUT2D eigenvalue weighted by molar-refractivity contribution is -0.127. The summed E-state index contributed by atoms with van der Waals surface area (Å²) in [5, 5.41) is 12.8. The van der Waals surface area contributed by atoms with E-state index >= 15 is 0 Å². The summed E-state index contributed by atoms with van der Waals surface area (Å²) in [7, 11) is 0. The molecule has 0 unspecified atom stereocenters. The number of hydrogen-bond donors (Lipinski definition) is 2. The minimum atomic E-state index is -1.37. The first-order chi connectivity index (χ1) is 14.0. The van der Waals surface area contributed by atoms with E-state index in [2.05, 4.69) is 33.0 Å². The van der Waals surface area contributed by atoms with Gasteiger partial charge in [-0.05, 0) is 36.2 Å². The molecule has 2 heterocycles. The summed E-state index contributed by atoms with van der Waals surface area (Å²) in [6.45, 7) is 0.325. The van der Waals surface area contributed by atoms with E-state index in [1.807, 2.05) is 42.5 Å². The number of rotatable bonds is 3. The van der Waals surface area contributed by atoms with Gasteiger partial charge in [-0.3, -0.25) is 4.98 Å². The molecule has 1 aliphatic heterocycles. The second kappa shape index (κ2) is 6.81. The molecule has 3 N–H and O–H groups in total. The fourth-order valence-corrected chi connectivity index (χ4v) is 5.58. The Morgan fingerprint density at radius 3 is 2.59 bits per heavy atom. The van der Waals surface area contributed by atoms with Crippen LogP contribution in [0.3, 0.4) is 0 Å². The Morgan fingerprint density at radius 1 is 1.17 bits per heavy atom. The van der Waals surface area contributed by atoms with Crippen LogP contribution in [0.15, 0.2) is 71.3 Å². The van der Waals surface area contributed by atoms with Crippen molar-refractivity contribution in [2.45, 2.75) is 23.5 Å². The molecule has 0 radical (unpaired) electrons. The van der Waals surface area contributed by atoms with E-state index in [4.69, 9.17) is 22.1 Å². The lowest BCUT2D eigenvalue weighted by Crippen LogP contribution is -2.51. The van der Waals surface area contributed by atoms with Gasteiger partial charge in [-0.1, -0.05) is 70.0 Å². The number of pyridine rings is 1. The summed E-state index contributed by atoms with van der Waals surface area (Å²) in [6.07, 6.45) is 2.25.